The molecule has 8 atom stereocenters. The zero-order valence-corrected chi connectivity index (χ0v) is 24.7. The van der Waals surface area contributed by atoms with Gasteiger partial charge in [-0.3, -0.25) is 19.2 Å². The fourth-order valence-corrected chi connectivity index (χ4v) is 8.57. The van der Waals surface area contributed by atoms with Gasteiger partial charge in [0, 0.05) is 23.2 Å². The van der Waals surface area contributed by atoms with Crippen molar-refractivity contribution in [3.8, 4) is 0 Å². The van der Waals surface area contributed by atoms with E-state index >= 15 is 0 Å². The molecule has 0 aromatic heterocycles. The molecule has 226 valence electrons. The number of carboxylic acid groups (broad SMARTS) is 1. The van der Waals surface area contributed by atoms with Crippen LogP contribution in [-0.2, 0) is 28.7 Å². The number of hydrogen-bond donors (Lipinski definition) is 4. The molecule has 0 aromatic rings. The first-order valence-electron chi connectivity index (χ1n) is 14.3. The van der Waals surface area contributed by atoms with E-state index in [4.69, 9.17) is 4.74 Å². The van der Waals surface area contributed by atoms with Crippen molar-refractivity contribution in [2.24, 2.45) is 28.6 Å². The van der Waals surface area contributed by atoms with Crippen LogP contribution in [0, 0.1) is 28.6 Å². The van der Waals surface area contributed by atoms with Crippen molar-refractivity contribution in [2.75, 3.05) is 18.6 Å². The Morgan fingerprint density at radius 1 is 1.20 bits per heavy atom. The van der Waals surface area contributed by atoms with E-state index in [-0.39, 0.29) is 55.6 Å². The summed E-state index contributed by atoms with van der Waals surface area (Å²) in [7, 11) is 0. The molecule has 0 spiro atoms. The lowest BCUT2D eigenvalue weighted by atomic mass is 9.46. The van der Waals surface area contributed by atoms with E-state index in [1.165, 1.54) is 11.8 Å². The molecule has 4 N–H and O–H groups in total. The van der Waals surface area contributed by atoms with Crippen LogP contribution in [0.25, 0.3) is 0 Å². The number of Topliss-reactive ketones (excluding diaryl/α,β-unsaturated/α-hetero) is 1. The molecular weight excluding hydrogens is 550 g/mol. The zero-order valence-electron chi connectivity index (χ0n) is 23.9. The molecule has 0 saturated heterocycles. The second kappa shape index (κ2) is 12.0. The van der Waals surface area contributed by atoms with Gasteiger partial charge in [0.25, 0.3) is 0 Å². The molecular formula is C30H41NO9S. The Morgan fingerprint density at radius 2 is 1.93 bits per heavy atom. The fraction of sp³-hybridized carbons (Fsp3) is 0.700. The van der Waals surface area contributed by atoms with E-state index in [1.807, 2.05) is 19.3 Å². The first kappa shape index (κ1) is 31.4. The third-order valence-corrected chi connectivity index (χ3v) is 10.9. The Morgan fingerprint density at radius 3 is 2.61 bits per heavy atom. The van der Waals surface area contributed by atoms with Crippen molar-refractivity contribution >= 4 is 41.2 Å². The Balaban J connectivity index is 1.36. The first-order valence-corrected chi connectivity index (χ1v) is 15.7. The molecule has 4 rings (SSSR count). The number of aliphatic hydroxyl groups excluding tert-OH is 1. The van der Waals surface area contributed by atoms with Gasteiger partial charge in [-0.15, -0.1) is 0 Å². The number of nitrogens with one attached hydrogen (secondary N) is 1. The molecule has 3 saturated carbocycles. The fourth-order valence-electron chi connectivity index (χ4n) is 8.10. The largest absolute Gasteiger partial charge is 0.480 e. The minimum absolute atomic E-state index is 0.0260. The molecule has 0 bridgehead atoms. The van der Waals surface area contributed by atoms with Gasteiger partial charge in [-0.2, -0.15) is 11.8 Å². The van der Waals surface area contributed by atoms with Crippen molar-refractivity contribution in [1.82, 2.24) is 5.32 Å². The summed E-state index contributed by atoms with van der Waals surface area (Å²) in [6, 6.07) is -1.05. The number of thioether (sulfide) groups is 1. The van der Waals surface area contributed by atoms with Gasteiger partial charge in [0.2, 0.25) is 11.7 Å². The van der Waals surface area contributed by atoms with Gasteiger partial charge >= 0.3 is 11.9 Å². The molecule has 10 nitrogen and oxygen atoms in total. The topological polar surface area (TPSA) is 167 Å². The van der Waals surface area contributed by atoms with E-state index in [0.717, 1.165) is 18.4 Å². The summed E-state index contributed by atoms with van der Waals surface area (Å²) in [5.74, 6) is -2.77. The minimum atomic E-state index is -1.78. The van der Waals surface area contributed by atoms with Gasteiger partial charge in [-0.1, -0.05) is 25.5 Å². The maximum Gasteiger partial charge on any atom is 0.326 e. The lowest BCUT2D eigenvalue weighted by Gasteiger charge is -2.59. The molecule has 4 aliphatic rings. The summed E-state index contributed by atoms with van der Waals surface area (Å²) in [6.07, 6.45) is 8.30. The zero-order chi connectivity index (χ0) is 30.2. The Bertz CT molecular complexity index is 1170. The Kier molecular flexibility index (Phi) is 9.21. The van der Waals surface area contributed by atoms with Crippen LogP contribution in [0.1, 0.15) is 65.2 Å². The van der Waals surface area contributed by atoms with Crippen molar-refractivity contribution < 1.29 is 44.0 Å². The highest BCUT2D eigenvalue weighted by Gasteiger charge is 2.68. The van der Waals surface area contributed by atoms with Crippen LogP contribution >= 0.6 is 11.8 Å². The van der Waals surface area contributed by atoms with E-state index in [1.54, 1.807) is 12.2 Å². The van der Waals surface area contributed by atoms with Crippen LogP contribution in [0.5, 0.6) is 0 Å². The van der Waals surface area contributed by atoms with Crippen molar-refractivity contribution in [3.05, 3.63) is 23.8 Å². The van der Waals surface area contributed by atoms with Crippen molar-refractivity contribution in [1.29, 1.82) is 0 Å². The monoisotopic (exact) mass is 591 g/mol. The van der Waals surface area contributed by atoms with Crippen LogP contribution in [0.3, 0.4) is 0 Å². The highest BCUT2D eigenvalue weighted by atomic mass is 32.2. The number of carbonyl (C=O) groups is 5. The van der Waals surface area contributed by atoms with Crippen LogP contribution in [-0.4, -0.2) is 81.1 Å². The van der Waals surface area contributed by atoms with Crippen molar-refractivity contribution in [3.63, 3.8) is 0 Å². The first-order chi connectivity index (χ1) is 19.3. The van der Waals surface area contributed by atoms with E-state index in [2.05, 4.69) is 12.2 Å². The van der Waals surface area contributed by atoms with Crippen LogP contribution in [0.2, 0.25) is 0 Å². The number of aliphatic hydroxyl groups is 2. The van der Waals surface area contributed by atoms with Crippen LogP contribution in [0.15, 0.2) is 23.8 Å². The molecule has 41 heavy (non-hydrogen) atoms. The average molecular weight is 592 g/mol. The van der Waals surface area contributed by atoms with Gasteiger partial charge in [-0.25, -0.2) is 4.79 Å². The highest BCUT2D eigenvalue weighted by Crippen LogP contribution is 2.67. The molecule has 1 amide bonds. The van der Waals surface area contributed by atoms with Gasteiger partial charge in [0.15, 0.2) is 12.4 Å². The number of ether oxygens (including phenoxy) is 1. The molecule has 0 unspecified atom stereocenters. The Hall–Kier alpha value is -2.50. The summed E-state index contributed by atoms with van der Waals surface area (Å²) in [5.41, 5.74) is -2.12. The van der Waals surface area contributed by atoms with E-state index in [9.17, 15) is 39.3 Å². The van der Waals surface area contributed by atoms with Gasteiger partial charge in [0.1, 0.15) is 11.6 Å². The number of aliphatic carboxylic acids is 1. The lowest BCUT2D eigenvalue weighted by Crippen LogP contribution is -2.61. The molecule has 4 aliphatic carbocycles. The number of amides is 1. The molecule has 0 aromatic carbocycles. The van der Waals surface area contributed by atoms with Gasteiger partial charge in [-0.05, 0) is 74.5 Å². The SMILES string of the molecule is CSCC[C@H](NC(=O)CCC(=O)OCC(=O)[C@@]1(O)CC[C@H]2[C@@H]3CCC4=CC(=O)C=C[C@]4(C)[C@H]3[C@@H](O)C[C@@]21C)C(=O)O. The number of carboxylic acids is 1. The molecule has 11 heteroatoms. The molecule has 3 fully saturated rings. The summed E-state index contributed by atoms with van der Waals surface area (Å²) in [4.78, 5) is 61.2. The normalized spacial score (nSPS) is 36.3. The van der Waals surface area contributed by atoms with Crippen molar-refractivity contribution in [2.45, 2.75) is 83.0 Å². The number of esters is 1. The van der Waals surface area contributed by atoms with Gasteiger partial charge < -0.3 is 25.4 Å². The maximum atomic E-state index is 13.4. The number of ketones is 2. The lowest BCUT2D eigenvalue weighted by molar-refractivity contribution is -0.181. The number of carbonyl (C=O) groups excluding carboxylic acids is 4. The summed E-state index contributed by atoms with van der Waals surface area (Å²) >= 11 is 1.46. The minimum Gasteiger partial charge on any atom is -0.480 e. The summed E-state index contributed by atoms with van der Waals surface area (Å²) in [5, 5.41) is 34.9. The summed E-state index contributed by atoms with van der Waals surface area (Å²) < 4.78 is 5.14. The third kappa shape index (κ3) is 5.77. The molecule has 0 heterocycles. The average Bonchev–Trinajstić information content (AvgIpc) is 3.19. The number of hydrogen-bond acceptors (Lipinski definition) is 9. The second-order valence-electron chi connectivity index (χ2n) is 12.4. The standard InChI is InChI=1S/C30H41NO9S/c1-28-11-8-18(32)14-17(28)4-5-19-20-9-12-30(39,29(20,2)15-22(33)26(19)28)23(34)16-40-25(36)7-6-24(35)31-21(27(37)38)10-13-41-3/h8,11,14,19-22,26,33,39H,4-7,9-10,12-13,15-16H2,1-3H3,(H,31,35)(H,37,38)/t19-,20-,21-,22-,26+,28-,29-,30-/m0/s1. The second-order valence-corrected chi connectivity index (χ2v) is 13.4. The maximum absolute atomic E-state index is 13.4. The third-order valence-electron chi connectivity index (χ3n) is 10.3. The van der Waals surface area contributed by atoms with Crippen LogP contribution in [0.4, 0.5) is 0 Å². The number of allylic oxidation sites excluding steroid dienone is 4. The number of fused-ring (bicyclic) bond motifs is 5. The molecule has 0 aliphatic heterocycles. The molecule has 0 radical (unpaired) electrons. The van der Waals surface area contributed by atoms with E-state index in [0.29, 0.717) is 12.2 Å². The number of rotatable bonds is 11. The smallest absolute Gasteiger partial charge is 0.326 e. The highest BCUT2D eigenvalue weighted by molar-refractivity contribution is 7.98. The predicted octanol–water partition coefficient (Wildman–Crippen LogP) is 2.21. The predicted molar refractivity (Wildman–Crippen MR) is 151 cm³/mol. The quantitative estimate of drug-likeness (QED) is 0.262. The van der Waals surface area contributed by atoms with Crippen LogP contribution < -0.4 is 5.32 Å². The summed E-state index contributed by atoms with van der Waals surface area (Å²) in [6.45, 7) is 3.25. The van der Waals surface area contributed by atoms with Gasteiger partial charge in [0.05, 0.1) is 12.5 Å². The Labute approximate surface area is 244 Å². The van der Waals surface area contributed by atoms with E-state index < -0.39 is 58.8 Å².